The average Bonchev–Trinajstić information content (AvgIpc) is 2.99. The Morgan fingerprint density at radius 1 is 0.452 bits per heavy atom. The molecule has 0 bridgehead atoms. The maximum Gasteiger partial charge on any atom is 0.189 e. The van der Waals surface area contributed by atoms with E-state index < -0.39 is 61.4 Å². The number of hydrogen-bond donors (Lipinski definition) is 8. The van der Waals surface area contributed by atoms with Crippen molar-refractivity contribution in [1.29, 1.82) is 0 Å². The highest BCUT2D eigenvalue weighted by Gasteiger charge is 2.49. The van der Waals surface area contributed by atoms with Crippen molar-refractivity contribution in [2.75, 3.05) is 26.2 Å². The molecule has 0 aromatic rings. The molecule has 0 aromatic heterocycles. The van der Waals surface area contributed by atoms with Gasteiger partial charge in [-0.1, -0.05) is 97.3 Å². The van der Waals surface area contributed by atoms with E-state index in [-0.39, 0.29) is 13.1 Å². The quantitative estimate of drug-likeness (QED) is 0.0796. The van der Waals surface area contributed by atoms with Gasteiger partial charge in [-0.2, -0.15) is 0 Å². The highest BCUT2D eigenvalue weighted by Crippen LogP contribution is 2.28. The van der Waals surface area contributed by atoms with Crippen molar-refractivity contribution in [3.8, 4) is 0 Å². The maximum atomic E-state index is 10.5. The van der Waals surface area contributed by atoms with Crippen LogP contribution in [0, 0.1) is 0 Å². The first kappa shape index (κ1) is 37.7. The summed E-state index contributed by atoms with van der Waals surface area (Å²) in [7, 11) is 0. The van der Waals surface area contributed by atoms with Crippen molar-refractivity contribution in [2.24, 2.45) is 0 Å². The molecule has 2 rings (SSSR count). The third-order valence-corrected chi connectivity index (χ3v) is 8.46. The minimum absolute atomic E-state index is 0.237. The van der Waals surface area contributed by atoms with Gasteiger partial charge in [-0.25, -0.2) is 0 Å². The van der Waals surface area contributed by atoms with Crippen LogP contribution in [0.4, 0.5) is 0 Å². The SMILES string of the molecule is CCCCCCCCCCNC[C@H]1O[C@H](O[C@H]2O[C@H](CNCCCCCCCCC)[C@@H](O)[C@H](O)[C@H]2O)[C@H](O)[C@@H](O)[C@@H]1O. The molecule has 2 aliphatic heterocycles. The van der Waals surface area contributed by atoms with Crippen LogP contribution < -0.4 is 10.6 Å². The van der Waals surface area contributed by atoms with Gasteiger partial charge in [-0.15, -0.1) is 0 Å². The fraction of sp³-hybridized carbons (Fsp3) is 1.00. The van der Waals surface area contributed by atoms with Crippen molar-refractivity contribution in [3.63, 3.8) is 0 Å². The Bertz CT molecular complexity index is 664. The Balaban J connectivity index is 1.76. The van der Waals surface area contributed by atoms with Crippen LogP contribution in [0.15, 0.2) is 0 Å². The lowest BCUT2D eigenvalue weighted by atomic mass is 9.97. The van der Waals surface area contributed by atoms with Crippen LogP contribution in [-0.4, -0.2) is 118 Å². The van der Waals surface area contributed by atoms with Crippen LogP contribution in [0.1, 0.15) is 110 Å². The maximum absolute atomic E-state index is 10.5. The van der Waals surface area contributed by atoms with E-state index in [1.54, 1.807) is 0 Å². The number of aliphatic hydroxyl groups excluding tert-OH is 6. The van der Waals surface area contributed by atoms with Gasteiger partial charge in [0, 0.05) is 13.1 Å². The first-order valence-electron chi connectivity index (χ1n) is 16.8. The number of nitrogens with one attached hydrogen (secondary N) is 2. The summed E-state index contributed by atoms with van der Waals surface area (Å²) in [6.45, 7) is 6.34. The lowest BCUT2D eigenvalue weighted by molar-refractivity contribution is -0.372. The van der Waals surface area contributed by atoms with E-state index in [2.05, 4.69) is 24.5 Å². The molecule has 2 aliphatic rings. The topological polar surface area (TPSA) is 173 Å². The van der Waals surface area contributed by atoms with Crippen LogP contribution in [0.25, 0.3) is 0 Å². The molecule has 0 radical (unpaired) electrons. The first-order chi connectivity index (χ1) is 20.3. The normalized spacial score (nSPS) is 33.7. The largest absolute Gasteiger partial charge is 0.388 e. The number of hydrogen-bond acceptors (Lipinski definition) is 11. The Kier molecular flexibility index (Phi) is 19.9. The highest BCUT2D eigenvalue weighted by atomic mass is 16.8. The first-order valence-corrected chi connectivity index (χ1v) is 16.8. The summed E-state index contributed by atoms with van der Waals surface area (Å²) in [5, 5.41) is 69.3. The molecule has 0 unspecified atom stereocenters. The van der Waals surface area contributed by atoms with Gasteiger partial charge in [0.05, 0.1) is 0 Å². The molecule has 42 heavy (non-hydrogen) atoms. The molecule has 0 aliphatic carbocycles. The van der Waals surface area contributed by atoms with E-state index in [9.17, 15) is 30.6 Å². The highest BCUT2D eigenvalue weighted by molar-refractivity contribution is 4.93. The summed E-state index contributed by atoms with van der Waals surface area (Å²) in [6.07, 6.45) is 4.41. The Labute approximate surface area is 253 Å². The van der Waals surface area contributed by atoms with Gasteiger partial charge >= 0.3 is 0 Å². The van der Waals surface area contributed by atoms with Gasteiger partial charge in [-0.05, 0) is 25.9 Å². The standard InChI is InChI=1S/C31H62N2O9/c1-3-5-7-9-11-13-15-17-19-33-21-23-25(35)27(37)29(39)31(41-23)42-30-28(38)26(36)24(34)22(40-30)20-32-18-16-14-12-10-8-6-4-2/h22-39H,3-21H2,1-2H3/t22-,23-,24-,25-,26+,27+,28-,29-,30-,31-/m1/s1. The van der Waals surface area contributed by atoms with Crippen molar-refractivity contribution in [1.82, 2.24) is 10.6 Å². The molecule has 250 valence electrons. The number of aliphatic hydroxyl groups is 6. The summed E-state index contributed by atoms with van der Waals surface area (Å²) < 4.78 is 17.3. The van der Waals surface area contributed by atoms with Crippen molar-refractivity contribution in [2.45, 2.75) is 172 Å². The average molecular weight is 607 g/mol. The second kappa shape index (κ2) is 22.1. The van der Waals surface area contributed by atoms with Gasteiger partial charge in [0.25, 0.3) is 0 Å². The fourth-order valence-electron chi connectivity index (χ4n) is 5.61. The van der Waals surface area contributed by atoms with Gasteiger partial charge in [0.1, 0.15) is 48.8 Å². The van der Waals surface area contributed by atoms with Gasteiger partial charge in [0.2, 0.25) is 0 Å². The summed E-state index contributed by atoms with van der Waals surface area (Å²) in [5.74, 6) is 0. The molecule has 0 spiro atoms. The minimum atomic E-state index is -1.60. The zero-order valence-corrected chi connectivity index (χ0v) is 26.1. The molecule has 0 aromatic carbocycles. The third-order valence-electron chi connectivity index (χ3n) is 8.46. The lowest BCUT2D eigenvalue weighted by Crippen LogP contribution is -2.64. The molecule has 8 N–H and O–H groups in total. The summed E-state index contributed by atoms with van der Waals surface area (Å²) in [5.41, 5.74) is 0. The Hall–Kier alpha value is -0.440. The monoisotopic (exact) mass is 606 g/mol. The van der Waals surface area contributed by atoms with Gasteiger partial charge < -0.3 is 55.5 Å². The zero-order chi connectivity index (χ0) is 30.7. The molecule has 2 heterocycles. The number of unbranched alkanes of at least 4 members (excludes halogenated alkanes) is 13. The van der Waals surface area contributed by atoms with Crippen molar-refractivity contribution in [3.05, 3.63) is 0 Å². The summed E-state index contributed by atoms with van der Waals surface area (Å²) in [6, 6.07) is 0. The summed E-state index contributed by atoms with van der Waals surface area (Å²) in [4.78, 5) is 0. The molecule has 11 heteroatoms. The van der Waals surface area contributed by atoms with Crippen LogP contribution in [0.3, 0.4) is 0 Å². The fourth-order valence-corrected chi connectivity index (χ4v) is 5.61. The van der Waals surface area contributed by atoms with E-state index in [0.29, 0.717) is 0 Å². The zero-order valence-electron chi connectivity index (χ0n) is 26.1. The molecule has 2 fully saturated rings. The second-order valence-corrected chi connectivity index (χ2v) is 12.2. The van der Waals surface area contributed by atoms with Crippen molar-refractivity contribution < 1.29 is 44.8 Å². The molecule has 10 atom stereocenters. The van der Waals surface area contributed by atoms with E-state index in [1.807, 2.05) is 0 Å². The Morgan fingerprint density at radius 2 is 0.786 bits per heavy atom. The van der Waals surface area contributed by atoms with Gasteiger partial charge in [-0.3, -0.25) is 0 Å². The molecular weight excluding hydrogens is 544 g/mol. The van der Waals surface area contributed by atoms with Crippen LogP contribution >= 0.6 is 0 Å². The predicted molar refractivity (Wildman–Crippen MR) is 161 cm³/mol. The van der Waals surface area contributed by atoms with Crippen LogP contribution in [0.2, 0.25) is 0 Å². The van der Waals surface area contributed by atoms with Crippen LogP contribution in [0.5, 0.6) is 0 Å². The lowest BCUT2D eigenvalue weighted by Gasteiger charge is -2.45. The number of rotatable bonds is 23. The summed E-state index contributed by atoms with van der Waals surface area (Å²) >= 11 is 0. The van der Waals surface area contributed by atoms with Crippen molar-refractivity contribution >= 4 is 0 Å². The van der Waals surface area contributed by atoms with E-state index in [4.69, 9.17) is 14.2 Å². The molecule has 0 amide bonds. The number of ether oxygens (including phenoxy) is 3. The van der Waals surface area contributed by atoms with E-state index in [1.165, 1.54) is 70.6 Å². The van der Waals surface area contributed by atoms with Crippen LogP contribution in [-0.2, 0) is 14.2 Å². The van der Waals surface area contributed by atoms with Gasteiger partial charge in [0.15, 0.2) is 12.6 Å². The smallest absolute Gasteiger partial charge is 0.189 e. The second-order valence-electron chi connectivity index (χ2n) is 12.2. The molecule has 0 saturated carbocycles. The van der Waals surface area contributed by atoms with E-state index >= 15 is 0 Å². The predicted octanol–water partition coefficient (Wildman–Crippen LogP) is 1.69. The molecule has 2 saturated heterocycles. The Morgan fingerprint density at radius 3 is 1.14 bits per heavy atom. The third kappa shape index (κ3) is 13.3. The minimum Gasteiger partial charge on any atom is -0.388 e. The van der Waals surface area contributed by atoms with E-state index in [0.717, 1.165) is 38.8 Å². The molecular formula is C31H62N2O9. The molecule has 11 nitrogen and oxygen atoms in total.